The molecule has 146 valence electrons. The van der Waals surface area contributed by atoms with Crippen LogP contribution in [-0.2, 0) is 10.0 Å². The zero-order valence-electron chi connectivity index (χ0n) is 15.0. The van der Waals surface area contributed by atoms with Crippen LogP contribution in [-0.4, -0.2) is 24.5 Å². The van der Waals surface area contributed by atoms with Crippen molar-refractivity contribution in [2.75, 3.05) is 10.0 Å². The van der Waals surface area contributed by atoms with Crippen molar-refractivity contribution < 1.29 is 13.2 Å². The minimum absolute atomic E-state index is 0.159. The Morgan fingerprint density at radius 1 is 0.931 bits per heavy atom. The van der Waals surface area contributed by atoms with Gasteiger partial charge in [0.15, 0.2) is 5.69 Å². The first-order valence-electron chi connectivity index (χ1n) is 8.60. The summed E-state index contributed by atoms with van der Waals surface area (Å²) in [4.78, 5) is 13.6. The van der Waals surface area contributed by atoms with Crippen LogP contribution in [0.4, 0.5) is 11.4 Å². The van der Waals surface area contributed by atoms with Crippen LogP contribution in [0.5, 0.6) is 0 Å². The van der Waals surface area contributed by atoms with E-state index in [0.717, 1.165) is 10.6 Å². The van der Waals surface area contributed by atoms with Gasteiger partial charge in [-0.15, -0.1) is 11.3 Å². The zero-order chi connectivity index (χ0) is 20.3. The van der Waals surface area contributed by atoms with E-state index in [9.17, 15) is 13.2 Å². The Kier molecular flexibility index (Phi) is 5.15. The Hall–Kier alpha value is -3.43. The van der Waals surface area contributed by atoms with E-state index in [0.29, 0.717) is 11.4 Å². The summed E-state index contributed by atoms with van der Waals surface area (Å²) in [5, 5.41) is 11.6. The van der Waals surface area contributed by atoms with Crippen molar-refractivity contribution in [3.8, 4) is 10.6 Å². The van der Waals surface area contributed by atoms with Gasteiger partial charge < -0.3 is 5.32 Å². The largest absolute Gasteiger partial charge is 0.321 e. The first kappa shape index (κ1) is 18.9. The lowest BCUT2D eigenvalue weighted by Gasteiger charge is -2.10. The third-order valence-electron chi connectivity index (χ3n) is 4.02. The Labute approximate surface area is 171 Å². The van der Waals surface area contributed by atoms with Crippen LogP contribution in [0.25, 0.3) is 10.6 Å². The zero-order valence-corrected chi connectivity index (χ0v) is 16.6. The fourth-order valence-electron chi connectivity index (χ4n) is 2.67. The molecule has 0 aliphatic carbocycles. The summed E-state index contributed by atoms with van der Waals surface area (Å²) in [7, 11) is -3.71. The number of carbonyl (C=O) groups excluding carboxylic acids is 1. The Bertz CT molecular complexity index is 1230. The molecule has 0 unspecified atom stereocenters. The summed E-state index contributed by atoms with van der Waals surface area (Å²) in [5.74, 6) is -0.396. The number of aromatic amines is 1. The summed E-state index contributed by atoms with van der Waals surface area (Å²) in [6, 6.07) is 20.1. The number of thiophene rings is 1. The molecule has 4 aromatic rings. The van der Waals surface area contributed by atoms with Gasteiger partial charge in [0, 0.05) is 5.69 Å². The third-order valence-corrected chi connectivity index (χ3v) is 6.32. The highest BCUT2D eigenvalue weighted by molar-refractivity contribution is 7.92. The molecule has 0 fully saturated rings. The van der Waals surface area contributed by atoms with Gasteiger partial charge in [0.25, 0.3) is 15.9 Å². The molecular weight excluding hydrogens is 408 g/mol. The normalized spacial score (nSPS) is 11.2. The van der Waals surface area contributed by atoms with Crippen molar-refractivity contribution in [1.82, 2.24) is 10.2 Å². The number of hydrogen-bond donors (Lipinski definition) is 3. The number of amides is 1. The van der Waals surface area contributed by atoms with Crippen molar-refractivity contribution in [3.63, 3.8) is 0 Å². The van der Waals surface area contributed by atoms with Gasteiger partial charge in [-0.25, -0.2) is 8.42 Å². The molecule has 4 rings (SSSR count). The summed E-state index contributed by atoms with van der Waals surface area (Å²) < 4.78 is 27.4. The summed E-state index contributed by atoms with van der Waals surface area (Å²) in [6.07, 6.45) is 0. The lowest BCUT2D eigenvalue weighted by Crippen LogP contribution is -2.14. The van der Waals surface area contributed by atoms with Gasteiger partial charge in [0.1, 0.15) is 0 Å². The average Bonchev–Trinajstić information content (AvgIpc) is 3.40. The molecule has 0 saturated heterocycles. The number of aromatic nitrogens is 2. The summed E-state index contributed by atoms with van der Waals surface area (Å²) >= 11 is 1.54. The number of sulfonamides is 1. The maximum atomic E-state index is 12.5. The standard InChI is InChI=1S/C20H16N4O3S2/c25-20(18-13-17(22-23-18)19-10-5-11-28-19)21-14-6-4-7-15(12-14)24-29(26,27)16-8-2-1-3-9-16/h1-13,24H,(H,21,25)(H,22,23). The fourth-order valence-corrected chi connectivity index (χ4v) is 4.43. The number of H-pyrrole nitrogens is 1. The number of hydrogen-bond acceptors (Lipinski definition) is 5. The molecule has 3 N–H and O–H groups in total. The van der Waals surface area contributed by atoms with Crippen molar-refractivity contribution >= 4 is 38.6 Å². The highest BCUT2D eigenvalue weighted by Gasteiger charge is 2.15. The molecule has 29 heavy (non-hydrogen) atoms. The second-order valence-electron chi connectivity index (χ2n) is 6.10. The van der Waals surface area contributed by atoms with Gasteiger partial charge in [-0.05, 0) is 47.8 Å². The second kappa shape index (κ2) is 7.90. The van der Waals surface area contributed by atoms with Crippen molar-refractivity contribution in [3.05, 3.63) is 83.9 Å². The van der Waals surface area contributed by atoms with Crippen LogP contribution in [0.1, 0.15) is 10.5 Å². The molecule has 0 radical (unpaired) electrons. The lowest BCUT2D eigenvalue weighted by molar-refractivity contribution is 0.102. The molecule has 0 saturated carbocycles. The predicted molar refractivity (Wildman–Crippen MR) is 114 cm³/mol. The molecule has 0 spiro atoms. The molecule has 9 heteroatoms. The molecule has 2 heterocycles. The molecule has 0 aliphatic rings. The third kappa shape index (κ3) is 4.36. The van der Waals surface area contributed by atoms with Crippen LogP contribution in [0.2, 0.25) is 0 Å². The van der Waals surface area contributed by atoms with E-state index in [1.807, 2.05) is 17.5 Å². The van der Waals surface area contributed by atoms with Crippen LogP contribution in [0.3, 0.4) is 0 Å². The molecule has 1 amide bonds. The van der Waals surface area contributed by atoms with E-state index in [2.05, 4.69) is 20.2 Å². The number of rotatable bonds is 6. The molecule has 7 nitrogen and oxygen atoms in total. The molecule has 2 aromatic carbocycles. The average molecular weight is 425 g/mol. The van der Waals surface area contributed by atoms with E-state index in [1.165, 1.54) is 12.1 Å². The van der Waals surface area contributed by atoms with Gasteiger partial charge in [-0.1, -0.05) is 30.3 Å². The van der Waals surface area contributed by atoms with E-state index in [1.54, 1.807) is 59.9 Å². The van der Waals surface area contributed by atoms with E-state index in [4.69, 9.17) is 0 Å². The SMILES string of the molecule is O=C(Nc1cccc(NS(=O)(=O)c2ccccc2)c1)c1cc(-c2cccs2)[nH]n1. The number of nitrogens with one attached hydrogen (secondary N) is 3. The van der Waals surface area contributed by atoms with Gasteiger partial charge in [0.2, 0.25) is 0 Å². The molecular formula is C20H16N4O3S2. The van der Waals surface area contributed by atoms with Gasteiger partial charge in [0.05, 0.1) is 21.2 Å². The number of carbonyl (C=O) groups is 1. The second-order valence-corrected chi connectivity index (χ2v) is 8.73. The first-order valence-corrected chi connectivity index (χ1v) is 11.0. The van der Waals surface area contributed by atoms with Crippen molar-refractivity contribution in [2.45, 2.75) is 4.90 Å². The number of benzene rings is 2. The van der Waals surface area contributed by atoms with Crippen LogP contribution < -0.4 is 10.0 Å². The molecule has 2 aromatic heterocycles. The van der Waals surface area contributed by atoms with Crippen LogP contribution >= 0.6 is 11.3 Å². The lowest BCUT2D eigenvalue weighted by atomic mass is 10.2. The number of nitrogens with zero attached hydrogens (tertiary/aromatic N) is 1. The Morgan fingerprint density at radius 2 is 1.72 bits per heavy atom. The summed E-state index contributed by atoms with van der Waals surface area (Å²) in [5.41, 5.74) is 1.79. The molecule has 0 aliphatic heterocycles. The fraction of sp³-hybridized carbons (Fsp3) is 0. The van der Waals surface area contributed by atoms with Gasteiger partial charge in [-0.2, -0.15) is 5.10 Å². The number of anilines is 2. The van der Waals surface area contributed by atoms with E-state index in [-0.39, 0.29) is 10.6 Å². The Morgan fingerprint density at radius 3 is 2.48 bits per heavy atom. The quantitative estimate of drug-likeness (QED) is 0.432. The van der Waals surface area contributed by atoms with Crippen LogP contribution in [0.15, 0.2) is 83.1 Å². The van der Waals surface area contributed by atoms with E-state index < -0.39 is 15.9 Å². The summed E-state index contributed by atoms with van der Waals surface area (Å²) in [6.45, 7) is 0. The monoisotopic (exact) mass is 424 g/mol. The molecule has 0 bridgehead atoms. The topological polar surface area (TPSA) is 104 Å². The predicted octanol–water partition coefficient (Wildman–Crippen LogP) is 4.19. The first-order chi connectivity index (χ1) is 14.0. The van der Waals surface area contributed by atoms with E-state index >= 15 is 0 Å². The molecule has 0 atom stereocenters. The van der Waals surface area contributed by atoms with Crippen molar-refractivity contribution in [1.29, 1.82) is 0 Å². The smallest absolute Gasteiger partial charge is 0.276 e. The van der Waals surface area contributed by atoms with Gasteiger partial charge >= 0.3 is 0 Å². The Balaban J connectivity index is 1.48. The maximum absolute atomic E-state index is 12.5. The minimum atomic E-state index is -3.71. The van der Waals surface area contributed by atoms with Crippen molar-refractivity contribution in [2.24, 2.45) is 0 Å². The van der Waals surface area contributed by atoms with Crippen LogP contribution in [0, 0.1) is 0 Å². The maximum Gasteiger partial charge on any atom is 0.276 e. The minimum Gasteiger partial charge on any atom is -0.321 e. The highest BCUT2D eigenvalue weighted by atomic mass is 32.2. The van der Waals surface area contributed by atoms with Gasteiger partial charge in [-0.3, -0.25) is 14.6 Å². The highest BCUT2D eigenvalue weighted by Crippen LogP contribution is 2.24.